The molecular formula is C37H41N15O10. The highest BCUT2D eigenvalue weighted by atomic mass is 16.2. The number of benzene rings is 2. The summed E-state index contributed by atoms with van der Waals surface area (Å²) in [6.07, 6.45) is 1.59. The van der Waals surface area contributed by atoms with Crippen LogP contribution >= 0.6 is 0 Å². The quantitative estimate of drug-likeness (QED) is 0.0786. The Hall–Kier alpha value is -8.22. The first-order valence-corrected chi connectivity index (χ1v) is 18.7. The number of nitrogens with two attached hydrogens (primary N) is 2. The van der Waals surface area contributed by atoms with Crippen LogP contribution in [0.4, 0.5) is 0 Å². The zero-order valence-corrected chi connectivity index (χ0v) is 32.6. The molecule has 3 heterocycles. The van der Waals surface area contributed by atoms with Crippen LogP contribution in [0.15, 0.2) is 60.9 Å². The van der Waals surface area contributed by atoms with E-state index in [0.29, 0.717) is 22.1 Å². The molecule has 62 heavy (non-hydrogen) atoms. The maximum Gasteiger partial charge on any atom is 0.271 e. The lowest BCUT2D eigenvalue weighted by molar-refractivity contribution is -0.134. The van der Waals surface area contributed by atoms with Crippen LogP contribution in [0.25, 0.3) is 22.1 Å². The van der Waals surface area contributed by atoms with Crippen LogP contribution in [0.2, 0.25) is 0 Å². The van der Waals surface area contributed by atoms with Gasteiger partial charge in [-0.2, -0.15) is 0 Å². The lowest BCUT2D eigenvalue weighted by Crippen LogP contribution is -2.60. The van der Waals surface area contributed by atoms with Crippen LogP contribution in [0.1, 0.15) is 27.4 Å². The minimum absolute atomic E-state index is 0.120. The Morgan fingerprint density at radius 2 is 1.02 bits per heavy atom. The first-order valence-electron chi connectivity index (χ1n) is 18.7. The number of para-hydroxylation sites is 4. The van der Waals surface area contributed by atoms with Crippen molar-refractivity contribution in [3.63, 3.8) is 0 Å². The fraction of sp³-hybridized carbons (Fsp3) is 0.297. The number of carbonyl (C=O) groups is 10. The zero-order valence-electron chi connectivity index (χ0n) is 32.6. The average molecular weight is 856 g/mol. The Morgan fingerprint density at radius 1 is 0.565 bits per heavy atom. The maximum atomic E-state index is 13.4. The molecule has 3 unspecified atom stereocenters. The van der Waals surface area contributed by atoms with Crippen LogP contribution in [0.3, 0.4) is 0 Å². The van der Waals surface area contributed by atoms with E-state index in [2.05, 4.69) is 67.8 Å². The summed E-state index contributed by atoms with van der Waals surface area (Å²) in [6.45, 7) is -3.98. The van der Waals surface area contributed by atoms with Crippen molar-refractivity contribution in [3.8, 4) is 0 Å². The van der Waals surface area contributed by atoms with Gasteiger partial charge in [0.1, 0.15) is 35.6 Å². The Kier molecular flexibility index (Phi) is 15.3. The molecule has 5 rings (SSSR count). The fourth-order valence-electron chi connectivity index (χ4n) is 5.60. The maximum absolute atomic E-state index is 13.4. The lowest BCUT2D eigenvalue weighted by atomic mass is 10.1. The fourth-order valence-corrected chi connectivity index (χ4v) is 5.60. The largest absolute Gasteiger partial charge is 0.368 e. The Bertz CT molecular complexity index is 2410. The molecule has 324 valence electrons. The van der Waals surface area contributed by atoms with Crippen molar-refractivity contribution in [3.05, 3.63) is 72.3 Å². The molecule has 1 fully saturated rings. The number of fused-ring (bicyclic) bond motifs is 2. The normalized spacial score (nSPS) is 20.0. The summed E-state index contributed by atoms with van der Waals surface area (Å²) in [6, 6.07) is 7.09. The molecule has 13 N–H and O–H groups in total. The summed E-state index contributed by atoms with van der Waals surface area (Å²) in [5.41, 5.74) is 12.7. The standard InChI is InChI=1S/C37H41N15O10/c38-10-23-37(62)52-27(14-44-34(59)25-12-41-19-6-2-4-8-21(19)48-25)36(61)45-15-29(54)42-16-30(55)51-26(13-43-33(58)24-11-40-18-5-1-3-7-20(18)47-24)35(60)46-17-31(56)49-22(32(39)57)9-28(53)50-23/h1-8,11-12,22-23,26-27H,9-10,13-17,38H2,(H2,39,57)(H,42,54)(H,43,58)(H,44,59)(H,45,61)(H,46,60)(H,49,56)(H,50,53)(H,51,55)(H,52,62)/t22-,23?,26?,27?/m0/s1. The van der Waals surface area contributed by atoms with Gasteiger partial charge in [-0.1, -0.05) is 24.3 Å². The molecular weight excluding hydrogens is 815 g/mol. The molecule has 4 aromatic rings. The predicted octanol–water partition coefficient (Wildman–Crippen LogP) is -6.13. The van der Waals surface area contributed by atoms with E-state index in [1.165, 1.54) is 12.4 Å². The first-order chi connectivity index (χ1) is 29.7. The molecule has 1 aliphatic heterocycles. The highest BCUT2D eigenvalue weighted by Crippen LogP contribution is 2.10. The van der Waals surface area contributed by atoms with Gasteiger partial charge in [0.2, 0.25) is 47.3 Å². The number of rotatable bonds is 8. The van der Waals surface area contributed by atoms with E-state index in [-0.39, 0.29) is 11.4 Å². The van der Waals surface area contributed by atoms with Gasteiger partial charge in [-0.05, 0) is 24.3 Å². The minimum Gasteiger partial charge on any atom is -0.368 e. The van der Waals surface area contributed by atoms with Crippen molar-refractivity contribution >= 4 is 81.1 Å². The van der Waals surface area contributed by atoms with Crippen LogP contribution < -0.4 is 59.3 Å². The molecule has 4 atom stereocenters. The minimum atomic E-state index is -1.66. The number of aromatic nitrogens is 4. The van der Waals surface area contributed by atoms with Gasteiger partial charge < -0.3 is 59.3 Å². The predicted molar refractivity (Wildman–Crippen MR) is 213 cm³/mol. The molecule has 0 aliphatic carbocycles. The van der Waals surface area contributed by atoms with Gasteiger partial charge in [0.05, 0.1) is 60.5 Å². The van der Waals surface area contributed by atoms with E-state index in [0.717, 1.165) is 0 Å². The van der Waals surface area contributed by atoms with Crippen molar-refractivity contribution in [2.45, 2.75) is 30.6 Å². The average Bonchev–Trinajstić information content (AvgIpc) is 3.27. The SMILES string of the molecule is NCC1NC(=O)C[C@@H](C(N)=O)NC(=O)CNC(=O)C(CNC(=O)c2cnc3ccccc3n2)NC(=O)CNC(=O)CNC(=O)C(CNC(=O)c2cnc3ccccc3n2)NC1=O. The molecule has 0 radical (unpaired) electrons. The smallest absolute Gasteiger partial charge is 0.271 e. The van der Waals surface area contributed by atoms with Gasteiger partial charge >= 0.3 is 0 Å². The summed E-state index contributed by atoms with van der Waals surface area (Å²) in [4.78, 5) is 146. The van der Waals surface area contributed by atoms with E-state index < -0.39 is 129 Å². The van der Waals surface area contributed by atoms with Gasteiger partial charge in [-0.3, -0.25) is 57.9 Å². The van der Waals surface area contributed by atoms with Gasteiger partial charge in [0.15, 0.2) is 0 Å². The van der Waals surface area contributed by atoms with Crippen LogP contribution in [-0.2, 0) is 38.4 Å². The number of hydrogen-bond acceptors (Lipinski definition) is 15. The zero-order chi connectivity index (χ0) is 44.8. The second kappa shape index (κ2) is 21.2. The molecule has 10 amide bonds. The van der Waals surface area contributed by atoms with E-state index in [9.17, 15) is 47.9 Å². The number of nitrogens with one attached hydrogen (secondary N) is 9. The summed E-state index contributed by atoms with van der Waals surface area (Å²) >= 11 is 0. The lowest BCUT2D eigenvalue weighted by Gasteiger charge is -2.23. The third-order valence-electron chi connectivity index (χ3n) is 8.83. The van der Waals surface area contributed by atoms with Crippen LogP contribution in [0.5, 0.6) is 0 Å². The summed E-state index contributed by atoms with van der Waals surface area (Å²) in [5.74, 6) is -9.64. The summed E-state index contributed by atoms with van der Waals surface area (Å²) in [5, 5.41) is 20.8. The van der Waals surface area contributed by atoms with E-state index in [1.807, 2.05) is 0 Å². The van der Waals surface area contributed by atoms with E-state index in [1.54, 1.807) is 48.5 Å². The van der Waals surface area contributed by atoms with E-state index >= 15 is 0 Å². The topological polar surface area (TPSA) is 383 Å². The van der Waals surface area contributed by atoms with Crippen LogP contribution in [0, 0.1) is 0 Å². The molecule has 0 saturated carbocycles. The van der Waals surface area contributed by atoms with Crippen LogP contribution in [-0.4, -0.2) is 142 Å². The van der Waals surface area contributed by atoms with Gasteiger partial charge in [0, 0.05) is 19.6 Å². The monoisotopic (exact) mass is 855 g/mol. The molecule has 25 heteroatoms. The summed E-state index contributed by atoms with van der Waals surface area (Å²) < 4.78 is 0. The third kappa shape index (κ3) is 12.6. The number of nitrogens with zero attached hydrogens (tertiary/aromatic N) is 4. The molecule has 2 aromatic carbocycles. The molecule has 1 aliphatic rings. The van der Waals surface area contributed by atoms with Gasteiger partial charge in [-0.15, -0.1) is 0 Å². The molecule has 0 spiro atoms. The van der Waals surface area contributed by atoms with Gasteiger partial charge in [-0.25, -0.2) is 9.97 Å². The Labute approximate surface area is 350 Å². The molecule has 1 saturated heterocycles. The number of carbonyl (C=O) groups excluding carboxylic acids is 10. The van der Waals surface area contributed by atoms with Crippen molar-refractivity contribution in [2.24, 2.45) is 11.5 Å². The Morgan fingerprint density at radius 3 is 1.53 bits per heavy atom. The van der Waals surface area contributed by atoms with E-state index in [4.69, 9.17) is 11.5 Å². The molecule has 2 aromatic heterocycles. The van der Waals surface area contributed by atoms with Crippen molar-refractivity contribution in [1.82, 2.24) is 67.8 Å². The van der Waals surface area contributed by atoms with Crippen molar-refractivity contribution in [2.75, 3.05) is 39.3 Å². The number of primary amides is 1. The van der Waals surface area contributed by atoms with Gasteiger partial charge in [0.25, 0.3) is 11.8 Å². The first kappa shape index (κ1) is 44.9. The highest BCUT2D eigenvalue weighted by molar-refractivity contribution is 5.99. The third-order valence-corrected chi connectivity index (χ3v) is 8.83. The highest BCUT2D eigenvalue weighted by Gasteiger charge is 2.30. The number of hydrogen-bond donors (Lipinski definition) is 11. The molecule has 25 nitrogen and oxygen atoms in total. The summed E-state index contributed by atoms with van der Waals surface area (Å²) in [7, 11) is 0. The number of amides is 10. The second-order valence-electron chi connectivity index (χ2n) is 13.4. The van der Waals surface area contributed by atoms with Crippen molar-refractivity contribution in [1.29, 1.82) is 0 Å². The Balaban J connectivity index is 1.31. The second-order valence-corrected chi connectivity index (χ2v) is 13.4. The van der Waals surface area contributed by atoms with Crippen molar-refractivity contribution < 1.29 is 47.9 Å². The molecule has 0 bridgehead atoms.